The van der Waals surface area contributed by atoms with Crippen molar-refractivity contribution >= 4 is 9.84 Å². The van der Waals surface area contributed by atoms with Gasteiger partial charge in [-0.1, -0.05) is 6.92 Å². The molecule has 1 atom stereocenters. The maximum Gasteiger partial charge on any atom is 0.416 e. The molecule has 0 aliphatic heterocycles. The van der Waals surface area contributed by atoms with E-state index in [1.165, 1.54) is 6.92 Å². The van der Waals surface area contributed by atoms with Crippen molar-refractivity contribution in [1.29, 1.82) is 0 Å². The standard InChI is InChI=1S/C13H16F4O3S/c1-2-21(19,20)7-3-4-12(18)10-8-9(14)5-6-11(10)13(15,16)17/h5-6,8,12,18H,2-4,7H2,1H3. The third-order valence-electron chi connectivity index (χ3n) is 3.05. The Bertz CT molecular complexity index is 582. The number of hydrogen-bond donors (Lipinski definition) is 1. The lowest BCUT2D eigenvalue weighted by Crippen LogP contribution is -2.14. The summed E-state index contributed by atoms with van der Waals surface area (Å²) in [5.41, 5.74) is -1.69. The number of alkyl halides is 3. The van der Waals surface area contributed by atoms with Crippen molar-refractivity contribution in [2.45, 2.75) is 32.0 Å². The van der Waals surface area contributed by atoms with Crippen molar-refractivity contribution < 1.29 is 31.1 Å². The fraction of sp³-hybridized carbons (Fsp3) is 0.538. The zero-order valence-corrected chi connectivity index (χ0v) is 12.1. The molecule has 1 aromatic carbocycles. The summed E-state index contributed by atoms with van der Waals surface area (Å²) in [6.07, 6.45) is -6.46. The van der Waals surface area contributed by atoms with E-state index in [1.54, 1.807) is 0 Å². The van der Waals surface area contributed by atoms with E-state index < -0.39 is 39.1 Å². The minimum absolute atomic E-state index is 0.00511. The molecule has 1 aromatic rings. The molecule has 0 aliphatic rings. The molecule has 0 spiro atoms. The molecule has 0 aromatic heterocycles. The summed E-state index contributed by atoms with van der Waals surface area (Å²) >= 11 is 0. The zero-order valence-electron chi connectivity index (χ0n) is 11.3. The van der Waals surface area contributed by atoms with Crippen molar-refractivity contribution in [2.24, 2.45) is 0 Å². The molecule has 0 saturated carbocycles. The van der Waals surface area contributed by atoms with Crippen LogP contribution in [0, 0.1) is 5.82 Å². The van der Waals surface area contributed by atoms with E-state index in [4.69, 9.17) is 0 Å². The molecule has 0 bridgehead atoms. The lowest BCUT2D eigenvalue weighted by molar-refractivity contribution is -0.139. The summed E-state index contributed by atoms with van der Waals surface area (Å²) in [6.45, 7) is 1.46. The lowest BCUT2D eigenvalue weighted by atomic mass is 9.99. The van der Waals surface area contributed by atoms with Gasteiger partial charge in [0.15, 0.2) is 0 Å². The average Bonchev–Trinajstić information content (AvgIpc) is 2.36. The molecule has 120 valence electrons. The highest BCUT2D eigenvalue weighted by Crippen LogP contribution is 2.36. The first-order valence-electron chi connectivity index (χ1n) is 6.32. The van der Waals surface area contributed by atoms with Crippen LogP contribution in [0.3, 0.4) is 0 Å². The minimum atomic E-state index is -4.71. The summed E-state index contributed by atoms with van der Waals surface area (Å²) in [6, 6.07) is 1.86. The maximum atomic E-state index is 13.1. The smallest absolute Gasteiger partial charge is 0.388 e. The predicted octanol–water partition coefficient (Wildman–Crippen LogP) is 3.09. The van der Waals surface area contributed by atoms with Gasteiger partial charge in [-0.2, -0.15) is 13.2 Å². The van der Waals surface area contributed by atoms with Gasteiger partial charge in [0.2, 0.25) is 0 Å². The topological polar surface area (TPSA) is 54.4 Å². The molecule has 0 radical (unpaired) electrons. The first-order chi connectivity index (χ1) is 9.57. The molecule has 1 unspecified atom stereocenters. The number of halogens is 4. The van der Waals surface area contributed by atoms with Crippen molar-refractivity contribution in [3.63, 3.8) is 0 Å². The third-order valence-corrected chi connectivity index (χ3v) is 4.84. The van der Waals surface area contributed by atoms with E-state index in [-0.39, 0.29) is 24.3 Å². The summed E-state index contributed by atoms with van der Waals surface area (Å²) < 4.78 is 74.0. The van der Waals surface area contributed by atoms with Gasteiger partial charge in [0.25, 0.3) is 0 Å². The molecule has 1 rings (SSSR count). The summed E-state index contributed by atoms with van der Waals surface area (Å²) in [5, 5.41) is 9.80. The second kappa shape index (κ2) is 6.74. The van der Waals surface area contributed by atoms with Crippen LogP contribution >= 0.6 is 0 Å². The molecule has 1 N–H and O–H groups in total. The highest BCUT2D eigenvalue weighted by atomic mass is 32.2. The van der Waals surface area contributed by atoms with E-state index in [9.17, 15) is 31.1 Å². The normalized spacial score (nSPS) is 14.2. The van der Waals surface area contributed by atoms with Crippen molar-refractivity contribution in [2.75, 3.05) is 11.5 Å². The van der Waals surface area contributed by atoms with E-state index in [0.717, 1.165) is 0 Å². The Hall–Kier alpha value is -1.15. The van der Waals surface area contributed by atoms with Crippen molar-refractivity contribution in [1.82, 2.24) is 0 Å². The second-order valence-corrected chi connectivity index (χ2v) is 7.10. The van der Waals surface area contributed by atoms with Gasteiger partial charge in [0.1, 0.15) is 15.7 Å². The Balaban J connectivity index is 2.87. The van der Waals surface area contributed by atoms with Crippen LogP contribution in [-0.2, 0) is 16.0 Å². The quantitative estimate of drug-likeness (QED) is 0.817. The SMILES string of the molecule is CCS(=O)(=O)CCCC(O)c1cc(F)ccc1C(F)(F)F. The molecule has 0 fully saturated rings. The number of rotatable bonds is 6. The van der Waals surface area contributed by atoms with Gasteiger partial charge in [0.05, 0.1) is 17.4 Å². The van der Waals surface area contributed by atoms with Gasteiger partial charge in [-0.05, 0) is 36.6 Å². The minimum Gasteiger partial charge on any atom is -0.388 e. The van der Waals surface area contributed by atoms with Crippen LogP contribution in [0.25, 0.3) is 0 Å². The van der Waals surface area contributed by atoms with Gasteiger partial charge in [0, 0.05) is 5.75 Å². The molecule has 3 nitrogen and oxygen atoms in total. The van der Waals surface area contributed by atoms with Gasteiger partial charge in [-0.25, -0.2) is 12.8 Å². The van der Waals surface area contributed by atoms with E-state index in [1.807, 2.05) is 0 Å². The second-order valence-electron chi connectivity index (χ2n) is 4.62. The van der Waals surface area contributed by atoms with Crippen LogP contribution < -0.4 is 0 Å². The Morgan fingerprint density at radius 2 is 1.90 bits per heavy atom. The molecule has 0 saturated heterocycles. The molecule has 21 heavy (non-hydrogen) atoms. The van der Waals surface area contributed by atoms with Gasteiger partial charge in [-0.3, -0.25) is 0 Å². The Kier molecular flexibility index (Phi) is 5.75. The monoisotopic (exact) mass is 328 g/mol. The fourth-order valence-electron chi connectivity index (χ4n) is 1.86. The summed E-state index contributed by atoms with van der Waals surface area (Å²) in [4.78, 5) is 0. The van der Waals surface area contributed by atoms with E-state index in [0.29, 0.717) is 18.2 Å². The van der Waals surface area contributed by atoms with Crippen LogP contribution in [0.2, 0.25) is 0 Å². The number of aliphatic hydroxyl groups is 1. The summed E-state index contributed by atoms with van der Waals surface area (Å²) in [7, 11) is -3.25. The van der Waals surface area contributed by atoms with Crippen LogP contribution in [0.15, 0.2) is 18.2 Å². The maximum absolute atomic E-state index is 13.1. The Labute approximate surface area is 120 Å². The van der Waals surface area contributed by atoms with Gasteiger partial charge >= 0.3 is 6.18 Å². The molecular formula is C13H16F4O3S. The van der Waals surface area contributed by atoms with Crippen LogP contribution in [0.4, 0.5) is 17.6 Å². The Morgan fingerprint density at radius 1 is 1.29 bits per heavy atom. The molecule has 8 heteroatoms. The fourth-order valence-corrected chi connectivity index (χ4v) is 2.76. The first-order valence-corrected chi connectivity index (χ1v) is 8.14. The molecular weight excluding hydrogens is 312 g/mol. The number of sulfone groups is 1. The van der Waals surface area contributed by atoms with Crippen LogP contribution in [-0.4, -0.2) is 25.0 Å². The third kappa shape index (κ3) is 5.28. The Morgan fingerprint density at radius 3 is 2.43 bits per heavy atom. The van der Waals surface area contributed by atoms with Crippen molar-refractivity contribution in [3.05, 3.63) is 35.1 Å². The van der Waals surface area contributed by atoms with Crippen LogP contribution in [0.5, 0.6) is 0 Å². The van der Waals surface area contributed by atoms with Crippen molar-refractivity contribution in [3.8, 4) is 0 Å². The van der Waals surface area contributed by atoms with Gasteiger partial charge in [-0.15, -0.1) is 0 Å². The zero-order chi connectivity index (χ0) is 16.3. The molecule has 0 heterocycles. The highest BCUT2D eigenvalue weighted by molar-refractivity contribution is 7.91. The predicted molar refractivity (Wildman–Crippen MR) is 69.9 cm³/mol. The molecule has 0 aliphatic carbocycles. The summed E-state index contributed by atoms with van der Waals surface area (Å²) in [5.74, 6) is -1.19. The molecule has 0 amide bonds. The first kappa shape index (κ1) is 17.9. The average molecular weight is 328 g/mol. The number of benzene rings is 1. The highest BCUT2D eigenvalue weighted by Gasteiger charge is 2.35. The number of aliphatic hydroxyl groups excluding tert-OH is 1. The van der Waals surface area contributed by atoms with Crippen LogP contribution in [0.1, 0.15) is 37.0 Å². The van der Waals surface area contributed by atoms with E-state index >= 15 is 0 Å². The van der Waals surface area contributed by atoms with Gasteiger partial charge < -0.3 is 5.11 Å². The largest absolute Gasteiger partial charge is 0.416 e. The number of hydrogen-bond acceptors (Lipinski definition) is 3. The lowest BCUT2D eigenvalue weighted by Gasteiger charge is -2.17. The van der Waals surface area contributed by atoms with E-state index in [2.05, 4.69) is 0 Å².